The number of carbonyl (C=O) groups is 4. The van der Waals surface area contributed by atoms with E-state index in [2.05, 4.69) is 10.6 Å². The van der Waals surface area contributed by atoms with E-state index in [0.717, 1.165) is 5.56 Å². The molecule has 0 spiro atoms. The van der Waals surface area contributed by atoms with Crippen molar-refractivity contribution in [3.63, 3.8) is 0 Å². The van der Waals surface area contributed by atoms with Crippen molar-refractivity contribution in [2.45, 2.75) is 38.4 Å². The van der Waals surface area contributed by atoms with E-state index in [0.29, 0.717) is 17.3 Å². The van der Waals surface area contributed by atoms with Gasteiger partial charge in [0.05, 0.1) is 19.8 Å². The van der Waals surface area contributed by atoms with Crippen molar-refractivity contribution >= 4 is 35.3 Å². The molecule has 1 heterocycles. The van der Waals surface area contributed by atoms with E-state index in [1.807, 2.05) is 24.3 Å². The van der Waals surface area contributed by atoms with Gasteiger partial charge in [-0.1, -0.05) is 29.8 Å². The molecule has 2 aromatic carbocycles. The normalized spacial score (nSPS) is 19.2. The minimum atomic E-state index is -1.07. The van der Waals surface area contributed by atoms with Crippen molar-refractivity contribution in [3.8, 4) is 11.5 Å². The Morgan fingerprint density at radius 3 is 2.51 bits per heavy atom. The first-order valence-corrected chi connectivity index (χ1v) is 12.8. The number of nitrogens with one attached hydrogen (secondary N) is 2. The topological polar surface area (TPSA) is 123 Å². The lowest BCUT2D eigenvalue weighted by Gasteiger charge is -2.24. The number of esters is 1. The molecule has 2 N–H and O–H groups in total. The Morgan fingerprint density at radius 1 is 1.08 bits per heavy atom. The predicted molar refractivity (Wildman–Crippen MR) is 145 cm³/mol. The molecule has 0 aliphatic carbocycles. The monoisotopic (exact) mass is 557 g/mol. The van der Waals surface area contributed by atoms with Crippen molar-refractivity contribution < 1.29 is 33.4 Å². The van der Waals surface area contributed by atoms with Gasteiger partial charge in [-0.2, -0.15) is 0 Å². The number of nitrogens with zero attached hydrogens (tertiary/aromatic N) is 1. The highest BCUT2D eigenvalue weighted by Gasteiger charge is 2.27. The second kappa shape index (κ2) is 14.2. The van der Waals surface area contributed by atoms with Crippen LogP contribution in [0.2, 0.25) is 5.02 Å². The zero-order valence-electron chi connectivity index (χ0n) is 22.1. The van der Waals surface area contributed by atoms with Crippen LogP contribution in [0.15, 0.2) is 54.6 Å². The minimum Gasteiger partial charge on any atom is -0.497 e. The van der Waals surface area contributed by atoms with E-state index in [1.54, 1.807) is 30.2 Å². The van der Waals surface area contributed by atoms with Gasteiger partial charge < -0.3 is 29.7 Å². The molecule has 2 atom stereocenters. The number of hydrogen-bond donors (Lipinski definition) is 2. The van der Waals surface area contributed by atoms with Crippen LogP contribution in [0.5, 0.6) is 11.5 Å². The summed E-state index contributed by atoms with van der Waals surface area (Å²) >= 11 is 6.11. The molecule has 1 aliphatic rings. The fraction of sp³-hybridized carbons (Fsp3) is 0.357. The van der Waals surface area contributed by atoms with Gasteiger partial charge in [0.2, 0.25) is 11.8 Å². The first kappa shape index (κ1) is 29.5. The lowest BCUT2D eigenvalue weighted by Crippen LogP contribution is -2.51. The second-order valence-corrected chi connectivity index (χ2v) is 9.30. The minimum absolute atomic E-state index is 0.0190. The average Bonchev–Trinajstić information content (AvgIpc) is 2.93. The number of ether oxygens (including phenoxy) is 3. The Hall–Kier alpha value is -4.05. The lowest BCUT2D eigenvalue weighted by atomic mass is 10.1. The smallest absolute Gasteiger partial charge is 0.328 e. The van der Waals surface area contributed by atoms with Crippen LogP contribution in [0.25, 0.3) is 0 Å². The Kier molecular flexibility index (Phi) is 10.7. The molecule has 39 heavy (non-hydrogen) atoms. The van der Waals surface area contributed by atoms with Gasteiger partial charge in [0, 0.05) is 24.5 Å². The molecule has 1 aliphatic heterocycles. The standard InChI is InChI=1S/C28H32ClN3O7/c1-18-26(34)31-23(28(36)38-3)12-13-25(33)32(17-19-6-9-21(37-2)10-7-19)14-4-5-15-39-24-16-20(29)8-11-22(24)27(35)30-18/h4-11,16,18,23H,12-15,17H2,1-3H3,(H,30,35)(H,31,34). The van der Waals surface area contributed by atoms with Gasteiger partial charge in [-0.3, -0.25) is 14.4 Å². The highest BCUT2D eigenvalue weighted by molar-refractivity contribution is 6.30. The summed E-state index contributed by atoms with van der Waals surface area (Å²) in [6.07, 6.45) is 3.52. The van der Waals surface area contributed by atoms with E-state index in [1.165, 1.54) is 26.2 Å². The maximum atomic E-state index is 13.2. The molecule has 0 radical (unpaired) electrons. The van der Waals surface area contributed by atoms with Gasteiger partial charge in [0.25, 0.3) is 5.91 Å². The summed E-state index contributed by atoms with van der Waals surface area (Å²) in [6.45, 7) is 2.18. The molecule has 0 saturated carbocycles. The quantitative estimate of drug-likeness (QED) is 0.437. The van der Waals surface area contributed by atoms with Crippen LogP contribution in [-0.2, 0) is 25.7 Å². The van der Waals surface area contributed by atoms with Gasteiger partial charge in [-0.25, -0.2) is 4.79 Å². The second-order valence-electron chi connectivity index (χ2n) is 8.86. The summed E-state index contributed by atoms with van der Waals surface area (Å²) in [5.74, 6) is -1.13. The summed E-state index contributed by atoms with van der Waals surface area (Å²) in [5.41, 5.74) is 1.08. The fourth-order valence-electron chi connectivity index (χ4n) is 3.87. The molecule has 0 saturated heterocycles. The van der Waals surface area contributed by atoms with Crippen LogP contribution < -0.4 is 20.1 Å². The Morgan fingerprint density at radius 2 is 1.82 bits per heavy atom. The van der Waals surface area contributed by atoms with E-state index in [4.69, 9.17) is 25.8 Å². The molecular weight excluding hydrogens is 526 g/mol. The number of benzene rings is 2. The molecule has 10 nitrogen and oxygen atoms in total. The Balaban J connectivity index is 1.88. The molecule has 3 amide bonds. The molecule has 11 heteroatoms. The first-order valence-electron chi connectivity index (χ1n) is 12.4. The fourth-order valence-corrected chi connectivity index (χ4v) is 4.03. The number of hydrogen-bond acceptors (Lipinski definition) is 7. The third kappa shape index (κ3) is 8.47. The van der Waals surface area contributed by atoms with Gasteiger partial charge in [-0.15, -0.1) is 0 Å². The third-order valence-electron chi connectivity index (χ3n) is 6.09. The zero-order valence-corrected chi connectivity index (χ0v) is 22.8. The molecule has 0 aromatic heterocycles. The highest BCUT2D eigenvalue weighted by Crippen LogP contribution is 2.24. The number of fused-ring (bicyclic) bond motifs is 1. The maximum Gasteiger partial charge on any atom is 0.328 e. The molecule has 3 rings (SSSR count). The number of methoxy groups -OCH3 is 2. The molecule has 208 valence electrons. The maximum absolute atomic E-state index is 13.2. The SMILES string of the molecule is COC(=O)C1CCC(=O)N(Cc2ccc(OC)cc2)CC=CCOc2cc(Cl)ccc2C(=O)NC(C)C(=O)N1. The Bertz CT molecular complexity index is 1220. The van der Waals surface area contributed by atoms with Crippen LogP contribution >= 0.6 is 11.6 Å². The summed E-state index contributed by atoms with van der Waals surface area (Å²) < 4.78 is 15.8. The molecular formula is C28H32ClN3O7. The number of halogens is 1. The number of amides is 3. The summed E-state index contributed by atoms with van der Waals surface area (Å²) in [7, 11) is 2.78. The van der Waals surface area contributed by atoms with Crippen LogP contribution in [0.3, 0.4) is 0 Å². The summed E-state index contributed by atoms with van der Waals surface area (Å²) in [6, 6.07) is 9.84. The van der Waals surface area contributed by atoms with Crippen molar-refractivity contribution in [2.24, 2.45) is 0 Å². The number of carbonyl (C=O) groups excluding carboxylic acids is 4. The predicted octanol–water partition coefficient (Wildman–Crippen LogP) is 2.88. The first-order chi connectivity index (χ1) is 18.7. The third-order valence-corrected chi connectivity index (χ3v) is 6.33. The molecule has 2 unspecified atom stereocenters. The molecule has 0 fully saturated rings. The van der Waals surface area contributed by atoms with Crippen molar-refractivity contribution in [2.75, 3.05) is 27.4 Å². The van der Waals surface area contributed by atoms with E-state index in [-0.39, 0.29) is 43.2 Å². The van der Waals surface area contributed by atoms with Gasteiger partial charge >= 0.3 is 5.97 Å². The average molecular weight is 558 g/mol. The Labute approximate surface area is 232 Å². The highest BCUT2D eigenvalue weighted by atomic mass is 35.5. The van der Waals surface area contributed by atoms with Gasteiger partial charge in [0.1, 0.15) is 30.2 Å². The van der Waals surface area contributed by atoms with E-state index >= 15 is 0 Å². The van der Waals surface area contributed by atoms with Crippen LogP contribution in [0.1, 0.15) is 35.7 Å². The van der Waals surface area contributed by atoms with Crippen LogP contribution in [0.4, 0.5) is 0 Å². The van der Waals surface area contributed by atoms with Crippen molar-refractivity contribution in [1.82, 2.24) is 15.5 Å². The summed E-state index contributed by atoms with van der Waals surface area (Å²) in [5, 5.41) is 5.56. The zero-order chi connectivity index (χ0) is 28.4. The largest absolute Gasteiger partial charge is 0.497 e. The van der Waals surface area contributed by atoms with Gasteiger partial charge in [-0.05, 0) is 55.3 Å². The van der Waals surface area contributed by atoms with E-state index in [9.17, 15) is 19.2 Å². The van der Waals surface area contributed by atoms with E-state index < -0.39 is 29.9 Å². The van der Waals surface area contributed by atoms with Crippen LogP contribution in [-0.4, -0.2) is 68.0 Å². The van der Waals surface area contributed by atoms with Gasteiger partial charge in [0.15, 0.2) is 0 Å². The van der Waals surface area contributed by atoms with Crippen molar-refractivity contribution in [1.29, 1.82) is 0 Å². The molecule has 2 aromatic rings. The number of rotatable bonds is 4. The summed E-state index contributed by atoms with van der Waals surface area (Å²) in [4.78, 5) is 53.0. The van der Waals surface area contributed by atoms with Crippen LogP contribution in [0, 0.1) is 0 Å². The molecule has 0 bridgehead atoms. The lowest BCUT2D eigenvalue weighted by molar-refractivity contribution is -0.145. The van der Waals surface area contributed by atoms with Crippen molar-refractivity contribution in [3.05, 3.63) is 70.8 Å².